The van der Waals surface area contributed by atoms with Crippen molar-refractivity contribution in [1.29, 1.82) is 0 Å². The Labute approximate surface area is 59.7 Å². The molecule has 0 saturated heterocycles. The Bertz CT molecular complexity index is 107. The SMILES string of the molecule is CCOC(OCC)=C(O)O. The molecule has 0 aromatic rings. The van der Waals surface area contributed by atoms with E-state index < -0.39 is 5.95 Å². The number of ether oxygens (including phenoxy) is 2. The first kappa shape index (κ1) is 8.94. The summed E-state index contributed by atoms with van der Waals surface area (Å²) < 4.78 is 9.40. The first-order chi connectivity index (χ1) is 4.72. The number of hydrogen-bond acceptors (Lipinski definition) is 4. The second-order valence-corrected chi connectivity index (χ2v) is 1.48. The minimum Gasteiger partial charge on any atom is -0.476 e. The second kappa shape index (κ2) is 4.78. The van der Waals surface area contributed by atoms with Gasteiger partial charge in [-0.25, -0.2) is 0 Å². The highest BCUT2D eigenvalue weighted by Crippen LogP contribution is 2.02. The second-order valence-electron chi connectivity index (χ2n) is 1.48. The molecule has 60 valence electrons. The average molecular weight is 148 g/mol. The molecule has 0 aliphatic carbocycles. The van der Waals surface area contributed by atoms with Crippen LogP contribution in [0.25, 0.3) is 0 Å². The molecule has 2 N–H and O–H groups in total. The summed E-state index contributed by atoms with van der Waals surface area (Å²) in [4.78, 5) is 0. The van der Waals surface area contributed by atoms with Crippen molar-refractivity contribution in [3.05, 3.63) is 11.9 Å². The van der Waals surface area contributed by atoms with E-state index in [1.165, 1.54) is 0 Å². The Morgan fingerprint density at radius 1 is 1.10 bits per heavy atom. The molecule has 4 heteroatoms. The van der Waals surface area contributed by atoms with E-state index in [0.717, 1.165) is 0 Å². The molecule has 0 aliphatic heterocycles. The molecule has 0 amide bonds. The zero-order valence-corrected chi connectivity index (χ0v) is 6.13. The molecule has 0 bridgehead atoms. The third kappa shape index (κ3) is 3.06. The van der Waals surface area contributed by atoms with Gasteiger partial charge in [0, 0.05) is 0 Å². The molecular weight excluding hydrogens is 136 g/mol. The van der Waals surface area contributed by atoms with Crippen LogP contribution in [0.4, 0.5) is 0 Å². The van der Waals surface area contributed by atoms with E-state index in [1.807, 2.05) is 0 Å². The van der Waals surface area contributed by atoms with Crippen molar-refractivity contribution in [2.75, 3.05) is 13.2 Å². The Hall–Kier alpha value is -1.06. The maximum atomic E-state index is 8.46. The van der Waals surface area contributed by atoms with Crippen LogP contribution in [0, 0.1) is 0 Å². The Balaban J connectivity index is 3.86. The van der Waals surface area contributed by atoms with Crippen LogP contribution >= 0.6 is 0 Å². The van der Waals surface area contributed by atoms with Gasteiger partial charge in [-0.05, 0) is 13.8 Å². The molecule has 0 spiro atoms. The highest BCUT2D eigenvalue weighted by Gasteiger charge is 2.04. The van der Waals surface area contributed by atoms with Crippen molar-refractivity contribution in [3.8, 4) is 0 Å². The zero-order valence-electron chi connectivity index (χ0n) is 6.13. The number of rotatable bonds is 4. The molecule has 0 saturated carbocycles. The first-order valence-electron chi connectivity index (χ1n) is 3.10. The molecule has 0 heterocycles. The van der Waals surface area contributed by atoms with Gasteiger partial charge in [0.2, 0.25) is 0 Å². The molecule has 0 aliphatic rings. The quantitative estimate of drug-likeness (QED) is 0.590. The number of aliphatic hydroxyl groups is 2. The monoisotopic (exact) mass is 148 g/mol. The van der Waals surface area contributed by atoms with Gasteiger partial charge < -0.3 is 19.7 Å². The lowest BCUT2D eigenvalue weighted by Gasteiger charge is -2.06. The maximum absolute atomic E-state index is 8.46. The highest BCUT2D eigenvalue weighted by molar-refractivity contribution is 4.80. The van der Waals surface area contributed by atoms with Crippen molar-refractivity contribution in [1.82, 2.24) is 0 Å². The van der Waals surface area contributed by atoms with Gasteiger partial charge >= 0.3 is 11.9 Å². The van der Waals surface area contributed by atoms with Gasteiger partial charge in [-0.2, -0.15) is 0 Å². The standard InChI is InChI=1S/C6H12O4/c1-3-9-6(5(7)8)10-4-2/h7-8H,3-4H2,1-2H3. The molecule has 4 nitrogen and oxygen atoms in total. The molecule has 0 fully saturated rings. The summed E-state index contributed by atoms with van der Waals surface area (Å²) in [5.41, 5.74) is 0. The van der Waals surface area contributed by atoms with Gasteiger partial charge in [-0.15, -0.1) is 0 Å². The Morgan fingerprint density at radius 2 is 1.50 bits per heavy atom. The zero-order chi connectivity index (χ0) is 7.98. The van der Waals surface area contributed by atoms with Crippen LogP contribution in [0.1, 0.15) is 13.8 Å². The average Bonchev–Trinajstić information content (AvgIpc) is 1.87. The van der Waals surface area contributed by atoms with E-state index in [1.54, 1.807) is 13.8 Å². The topological polar surface area (TPSA) is 58.9 Å². The lowest BCUT2D eigenvalue weighted by molar-refractivity contribution is 0.00342. The highest BCUT2D eigenvalue weighted by atomic mass is 16.7. The van der Waals surface area contributed by atoms with Crippen LogP contribution in [0.15, 0.2) is 11.9 Å². The molecule has 0 atom stereocenters. The van der Waals surface area contributed by atoms with E-state index in [4.69, 9.17) is 19.7 Å². The van der Waals surface area contributed by atoms with Gasteiger partial charge in [0.25, 0.3) is 0 Å². The van der Waals surface area contributed by atoms with E-state index in [-0.39, 0.29) is 5.95 Å². The number of hydrogen-bond donors (Lipinski definition) is 2. The third-order valence-electron chi connectivity index (χ3n) is 0.733. The molecule has 0 rings (SSSR count). The van der Waals surface area contributed by atoms with Gasteiger partial charge in [-0.1, -0.05) is 0 Å². The fourth-order valence-corrected chi connectivity index (χ4v) is 0.433. The summed E-state index contributed by atoms with van der Waals surface area (Å²) in [6, 6.07) is 0. The minimum absolute atomic E-state index is 0.218. The van der Waals surface area contributed by atoms with Crippen LogP contribution in [-0.4, -0.2) is 23.4 Å². The van der Waals surface area contributed by atoms with Crippen molar-refractivity contribution >= 4 is 0 Å². The third-order valence-corrected chi connectivity index (χ3v) is 0.733. The predicted octanol–water partition coefficient (Wildman–Crippen LogP) is 1.30. The normalized spacial score (nSPS) is 8.60. The molecule has 0 radical (unpaired) electrons. The predicted molar refractivity (Wildman–Crippen MR) is 35.5 cm³/mol. The summed E-state index contributed by atoms with van der Waals surface area (Å²) in [7, 11) is 0. The van der Waals surface area contributed by atoms with E-state index in [9.17, 15) is 0 Å². The summed E-state index contributed by atoms with van der Waals surface area (Å²) in [6.07, 6.45) is 0. The van der Waals surface area contributed by atoms with Crippen molar-refractivity contribution in [2.45, 2.75) is 13.8 Å². The summed E-state index contributed by atoms with van der Waals surface area (Å²) >= 11 is 0. The Morgan fingerprint density at radius 3 is 1.70 bits per heavy atom. The van der Waals surface area contributed by atoms with Gasteiger partial charge in [0.05, 0.1) is 13.2 Å². The molecule has 10 heavy (non-hydrogen) atoms. The van der Waals surface area contributed by atoms with Crippen LogP contribution in [0.5, 0.6) is 0 Å². The summed E-state index contributed by atoms with van der Waals surface area (Å²) in [5, 5.41) is 16.9. The van der Waals surface area contributed by atoms with Crippen molar-refractivity contribution in [3.63, 3.8) is 0 Å². The smallest absolute Gasteiger partial charge is 0.363 e. The minimum atomic E-state index is -0.913. The fraction of sp³-hybridized carbons (Fsp3) is 0.667. The van der Waals surface area contributed by atoms with E-state index >= 15 is 0 Å². The van der Waals surface area contributed by atoms with E-state index in [0.29, 0.717) is 13.2 Å². The lowest BCUT2D eigenvalue weighted by atomic mass is 10.8. The van der Waals surface area contributed by atoms with Crippen LogP contribution in [0.2, 0.25) is 0 Å². The van der Waals surface area contributed by atoms with Crippen LogP contribution < -0.4 is 0 Å². The largest absolute Gasteiger partial charge is 0.476 e. The van der Waals surface area contributed by atoms with Crippen LogP contribution in [0.3, 0.4) is 0 Å². The molecular formula is C6H12O4. The van der Waals surface area contributed by atoms with Gasteiger partial charge in [0.15, 0.2) is 0 Å². The summed E-state index contributed by atoms with van der Waals surface area (Å²) in [6.45, 7) is 4.14. The first-order valence-corrected chi connectivity index (χ1v) is 3.10. The van der Waals surface area contributed by atoms with Crippen LogP contribution in [-0.2, 0) is 9.47 Å². The van der Waals surface area contributed by atoms with Gasteiger partial charge in [-0.3, -0.25) is 0 Å². The molecule has 0 aromatic heterocycles. The Kier molecular flexibility index (Phi) is 4.28. The fourth-order valence-electron chi connectivity index (χ4n) is 0.433. The van der Waals surface area contributed by atoms with Crippen molar-refractivity contribution < 1.29 is 19.7 Å². The summed E-state index contributed by atoms with van der Waals surface area (Å²) in [5.74, 6) is -1.13. The van der Waals surface area contributed by atoms with Gasteiger partial charge in [0.1, 0.15) is 0 Å². The molecule has 0 unspecified atom stereocenters. The lowest BCUT2D eigenvalue weighted by Crippen LogP contribution is -2.01. The number of aliphatic hydroxyl groups excluding tert-OH is 1. The van der Waals surface area contributed by atoms with Crippen molar-refractivity contribution in [2.24, 2.45) is 0 Å². The maximum Gasteiger partial charge on any atom is 0.363 e. The van der Waals surface area contributed by atoms with E-state index in [2.05, 4.69) is 0 Å². The molecule has 0 aromatic carbocycles.